The number of carbonyl (C=O) groups is 2. The van der Waals surface area contributed by atoms with Gasteiger partial charge in [0.25, 0.3) is 0 Å². The molecule has 0 bridgehead atoms. The van der Waals surface area contributed by atoms with Crippen molar-refractivity contribution in [3.05, 3.63) is 23.8 Å². The summed E-state index contributed by atoms with van der Waals surface area (Å²) in [5.74, 6) is -0.691. The van der Waals surface area contributed by atoms with Crippen molar-refractivity contribution in [2.24, 2.45) is 23.7 Å². The van der Waals surface area contributed by atoms with E-state index in [-0.39, 0.29) is 48.6 Å². The van der Waals surface area contributed by atoms with Gasteiger partial charge in [-0.15, -0.1) is 0 Å². The third-order valence-electron chi connectivity index (χ3n) is 6.42. The molecular weight excluding hydrogens is 372 g/mol. The number of rotatable bonds is 10. The van der Waals surface area contributed by atoms with Crippen LogP contribution in [0.1, 0.15) is 65.7 Å². The number of carboxylic acid groups (broad SMARTS) is 1. The molecule has 2 rings (SSSR count). The first-order valence-corrected chi connectivity index (χ1v) is 10.9. The van der Waals surface area contributed by atoms with Crippen molar-refractivity contribution in [1.29, 1.82) is 0 Å². The van der Waals surface area contributed by atoms with Gasteiger partial charge in [0.05, 0.1) is 24.5 Å². The molecule has 164 valence electrons. The standard InChI is InChI=1S/C23H36O6/c1-4-14(2)23(28)29-20-7-5-6-16-9-8-15(3)19(22(16)20)11-10-17(24)12-18(25)13-21(26)27/h6,8-9,14-15,17-20,22,24-25H,4-5,7,10-13H2,1-3H3,(H,26,27)/t14-,15-,17+,18+,19-,20-,22+/m0/s1. The molecule has 0 unspecified atom stereocenters. The fourth-order valence-corrected chi connectivity index (χ4v) is 4.49. The molecule has 0 aromatic carbocycles. The minimum Gasteiger partial charge on any atom is -0.481 e. The molecular formula is C23H36O6. The van der Waals surface area contributed by atoms with Crippen molar-refractivity contribution in [3.8, 4) is 0 Å². The third kappa shape index (κ3) is 6.68. The van der Waals surface area contributed by atoms with Crippen molar-refractivity contribution >= 4 is 11.9 Å². The minimum absolute atomic E-state index is 0.0586. The smallest absolute Gasteiger partial charge is 0.308 e. The van der Waals surface area contributed by atoms with E-state index in [0.29, 0.717) is 6.42 Å². The first-order valence-electron chi connectivity index (χ1n) is 10.9. The van der Waals surface area contributed by atoms with Gasteiger partial charge in [0.15, 0.2) is 0 Å². The van der Waals surface area contributed by atoms with Crippen LogP contribution in [0.15, 0.2) is 23.8 Å². The van der Waals surface area contributed by atoms with E-state index < -0.39 is 18.2 Å². The molecule has 0 saturated carbocycles. The van der Waals surface area contributed by atoms with E-state index in [1.165, 1.54) is 5.57 Å². The van der Waals surface area contributed by atoms with Crippen LogP contribution in [0.3, 0.4) is 0 Å². The zero-order valence-electron chi connectivity index (χ0n) is 17.8. The van der Waals surface area contributed by atoms with Gasteiger partial charge in [0, 0.05) is 5.92 Å². The lowest BCUT2D eigenvalue weighted by atomic mass is 9.66. The summed E-state index contributed by atoms with van der Waals surface area (Å²) in [5, 5.41) is 28.8. The lowest BCUT2D eigenvalue weighted by Gasteiger charge is -2.42. The first kappa shape index (κ1) is 23.6. The summed E-state index contributed by atoms with van der Waals surface area (Å²) in [6.07, 6.45) is 7.97. The van der Waals surface area contributed by atoms with E-state index in [1.807, 2.05) is 13.8 Å². The first-order chi connectivity index (χ1) is 13.7. The van der Waals surface area contributed by atoms with Crippen LogP contribution in [0.4, 0.5) is 0 Å². The second kappa shape index (κ2) is 10.9. The second-order valence-corrected chi connectivity index (χ2v) is 8.69. The Balaban J connectivity index is 2.03. The van der Waals surface area contributed by atoms with E-state index in [1.54, 1.807) is 0 Å². The number of aliphatic hydroxyl groups is 2. The lowest BCUT2D eigenvalue weighted by Crippen LogP contribution is -2.40. The van der Waals surface area contributed by atoms with Crippen LogP contribution in [0.5, 0.6) is 0 Å². The van der Waals surface area contributed by atoms with E-state index in [0.717, 1.165) is 25.7 Å². The Morgan fingerprint density at radius 3 is 2.66 bits per heavy atom. The zero-order valence-corrected chi connectivity index (χ0v) is 17.8. The molecule has 0 saturated heterocycles. The molecule has 0 heterocycles. The summed E-state index contributed by atoms with van der Waals surface area (Å²) >= 11 is 0. The van der Waals surface area contributed by atoms with E-state index in [4.69, 9.17) is 9.84 Å². The van der Waals surface area contributed by atoms with Crippen LogP contribution in [0, 0.1) is 23.7 Å². The molecule has 0 aromatic heterocycles. The Labute approximate surface area is 173 Å². The Bertz CT molecular complexity index is 625. The molecule has 0 radical (unpaired) electrons. The van der Waals surface area contributed by atoms with E-state index in [9.17, 15) is 19.8 Å². The minimum atomic E-state index is -1.07. The molecule has 0 fully saturated rings. The molecule has 0 aliphatic heterocycles. The van der Waals surface area contributed by atoms with Crippen LogP contribution in [0.2, 0.25) is 0 Å². The molecule has 6 heteroatoms. The molecule has 3 N–H and O–H groups in total. The summed E-state index contributed by atoms with van der Waals surface area (Å²) in [7, 11) is 0. The number of carboxylic acids is 1. The fourth-order valence-electron chi connectivity index (χ4n) is 4.49. The van der Waals surface area contributed by atoms with Crippen molar-refractivity contribution in [2.75, 3.05) is 0 Å². The molecule has 2 aliphatic rings. The average Bonchev–Trinajstić information content (AvgIpc) is 2.66. The van der Waals surface area contributed by atoms with Crippen LogP contribution in [-0.4, -0.2) is 45.6 Å². The summed E-state index contributed by atoms with van der Waals surface area (Å²) in [5.41, 5.74) is 1.21. The highest BCUT2D eigenvalue weighted by Crippen LogP contribution is 2.44. The lowest BCUT2D eigenvalue weighted by molar-refractivity contribution is -0.158. The van der Waals surface area contributed by atoms with Gasteiger partial charge >= 0.3 is 11.9 Å². The van der Waals surface area contributed by atoms with Crippen LogP contribution >= 0.6 is 0 Å². The predicted molar refractivity (Wildman–Crippen MR) is 110 cm³/mol. The van der Waals surface area contributed by atoms with Gasteiger partial charge in [0.1, 0.15) is 6.10 Å². The summed E-state index contributed by atoms with van der Waals surface area (Å²) in [6.45, 7) is 6.01. The van der Waals surface area contributed by atoms with Gasteiger partial charge in [0.2, 0.25) is 0 Å². The number of fused-ring (bicyclic) bond motifs is 1. The topological polar surface area (TPSA) is 104 Å². The maximum Gasteiger partial charge on any atom is 0.308 e. The zero-order chi connectivity index (χ0) is 21.6. The van der Waals surface area contributed by atoms with E-state index >= 15 is 0 Å². The maximum absolute atomic E-state index is 12.4. The molecule has 7 atom stereocenters. The molecule has 0 spiro atoms. The molecule has 0 amide bonds. The van der Waals surface area contributed by atoms with Crippen molar-refractivity contribution in [1.82, 2.24) is 0 Å². The Kier molecular flexibility index (Phi) is 8.90. The number of hydrogen-bond acceptors (Lipinski definition) is 5. The fraction of sp³-hybridized carbons (Fsp3) is 0.739. The molecule has 0 aromatic rings. The summed E-state index contributed by atoms with van der Waals surface area (Å²) < 4.78 is 5.93. The number of aliphatic hydroxyl groups excluding tert-OH is 2. The normalized spacial score (nSPS) is 29.3. The number of hydrogen-bond donors (Lipinski definition) is 3. The number of carbonyl (C=O) groups excluding carboxylic acids is 1. The van der Waals surface area contributed by atoms with Gasteiger partial charge in [-0.1, -0.05) is 39.0 Å². The number of ether oxygens (including phenoxy) is 1. The van der Waals surface area contributed by atoms with Gasteiger partial charge < -0.3 is 20.1 Å². The van der Waals surface area contributed by atoms with Crippen LogP contribution in [0.25, 0.3) is 0 Å². The molecule has 2 aliphatic carbocycles. The number of esters is 1. The Hall–Kier alpha value is -1.66. The van der Waals surface area contributed by atoms with Gasteiger partial charge in [-0.2, -0.15) is 0 Å². The van der Waals surface area contributed by atoms with Crippen molar-refractivity contribution in [2.45, 2.75) is 84.0 Å². The highest BCUT2D eigenvalue weighted by atomic mass is 16.5. The Morgan fingerprint density at radius 2 is 2.00 bits per heavy atom. The summed E-state index contributed by atoms with van der Waals surface area (Å²) in [4.78, 5) is 23.1. The van der Waals surface area contributed by atoms with Gasteiger partial charge in [-0.25, -0.2) is 0 Å². The van der Waals surface area contributed by atoms with Crippen LogP contribution < -0.4 is 0 Å². The van der Waals surface area contributed by atoms with Gasteiger partial charge in [-0.3, -0.25) is 9.59 Å². The number of allylic oxidation sites excluding steroid dienone is 3. The summed E-state index contributed by atoms with van der Waals surface area (Å²) in [6, 6.07) is 0. The quantitative estimate of drug-likeness (QED) is 0.478. The third-order valence-corrected chi connectivity index (χ3v) is 6.42. The van der Waals surface area contributed by atoms with Crippen LogP contribution in [-0.2, 0) is 14.3 Å². The predicted octanol–water partition coefficient (Wildman–Crippen LogP) is 3.47. The Morgan fingerprint density at radius 1 is 1.28 bits per heavy atom. The van der Waals surface area contributed by atoms with Crippen molar-refractivity contribution < 1.29 is 29.6 Å². The highest BCUT2D eigenvalue weighted by Gasteiger charge is 2.40. The maximum atomic E-state index is 12.4. The van der Waals surface area contributed by atoms with Gasteiger partial charge in [-0.05, 0) is 55.9 Å². The number of aliphatic carboxylic acids is 1. The van der Waals surface area contributed by atoms with E-state index in [2.05, 4.69) is 25.2 Å². The SMILES string of the molecule is CC[C@H](C)C(=O)O[C@H]1CCC=C2C=C[C@H](C)[C@H](CC[C@@H](O)C[C@@H](O)CC(=O)O)[C@@H]21. The second-order valence-electron chi connectivity index (χ2n) is 8.69. The highest BCUT2D eigenvalue weighted by molar-refractivity contribution is 5.72. The molecule has 6 nitrogen and oxygen atoms in total. The monoisotopic (exact) mass is 408 g/mol. The largest absolute Gasteiger partial charge is 0.481 e. The molecule has 29 heavy (non-hydrogen) atoms. The van der Waals surface area contributed by atoms with Crippen molar-refractivity contribution in [3.63, 3.8) is 0 Å². The average molecular weight is 409 g/mol.